The van der Waals surface area contributed by atoms with Crippen molar-refractivity contribution < 1.29 is 14.0 Å². The van der Waals surface area contributed by atoms with E-state index >= 15 is 0 Å². The van der Waals surface area contributed by atoms with Crippen molar-refractivity contribution in [1.29, 1.82) is 0 Å². The van der Waals surface area contributed by atoms with Gasteiger partial charge in [0.05, 0.1) is 24.3 Å². The lowest BCUT2D eigenvalue weighted by Gasteiger charge is -2.31. The number of likely N-dealkylation sites (tertiary alicyclic amines) is 1. The van der Waals surface area contributed by atoms with Crippen molar-refractivity contribution in [2.45, 2.75) is 32.4 Å². The lowest BCUT2D eigenvalue weighted by Crippen LogP contribution is -2.46. The minimum atomic E-state index is -0.349. The summed E-state index contributed by atoms with van der Waals surface area (Å²) in [6.45, 7) is 3.72. The molecule has 2 heterocycles. The maximum Gasteiger partial charge on any atom is 0.256 e. The van der Waals surface area contributed by atoms with Gasteiger partial charge in [-0.15, -0.1) is 0 Å². The average Bonchev–Trinajstić information content (AvgIpc) is 2.91. The van der Waals surface area contributed by atoms with Crippen LogP contribution in [0.2, 0.25) is 5.15 Å². The van der Waals surface area contributed by atoms with Crippen molar-refractivity contribution in [3.63, 3.8) is 0 Å². The lowest BCUT2D eigenvalue weighted by molar-refractivity contribution is -0.119. The second-order valence-electron chi connectivity index (χ2n) is 7.03. The number of amides is 2. The van der Waals surface area contributed by atoms with E-state index in [2.05, 4.69) is 10.4 Å². The second kappa shape index (κ2) is 8.70. The van der Waals surface area contributed by atoms with E-state index in [-0.39, 0.29) is 35.4 Å². The molecular formula is C19H23ClFN5O2. The monoisotopic (exact) mass is 407 g/mol. The Hall–Kier alpha value is -2.45. The number of aryl methyl sites for hydroxylation is 1. The van der Waals surface area contributed by atoms with E-state index in [0.29, 0.717) is 30.9 Å². The van der Waals surface area contributed by atoms with Gasteiger partial charge in [-0.2, -0.15) is 5.10 Å². The molecule has 0 bridgehead atoms. The number of carbonyl (C=O) groups is 2. The van der Waals surface area contributed by atoms with Crippen molar-refractivity contribution in [2.24, 2.45) is 5.73 Å². The number of hydrogen-bond donors (Lipinski definition) is 2. The summed E-state index contributed by atoms with van der Waals surface area (Å²) in [7, 11) is 0. The van der Waals surface area contributed by atoms with Crippen LogP contribution in [0.3, 0.4) is 0 Å². The Labute approximate surface area is 167 Å². The molecule has 0 aliphatic carbocycles. The number of rotatable bonds is 6. The van der Waals surface area contributed by atoms with Crippen molar-refractivity contribution in [3.8, 4) is 0 Å². The number of primary amides is 1. The maximum atomic E-state index is 13.1. The van der Waals surface area contributed by atoms with E-state index in [9.17, 15) is 14.0 Å². The summed E-state index contributed by atoms with van der Waals surface area (Å²) in [6.07, 6.45) is 1.47. The Balaban J connectivity index is 1.63. The molecule has 1 aromatic carbocycles. The van der Waals surface area contributed by atoms with E-state index in [0.717, 1.165) is 18.4 Å². The van der Waals surface area contributed by atoms with E-state index in [1.807, 2.05) is 4.90 Å². The molecule has 0 unspecified atom stereocenters. The number of nitrogens with one attached hydrogen (secondary N) is 1. The summed E-state index contributed by atoms with van der Waals surface area (Å²) < 4.78 is 14.6. The molecule has 150 valence electrons. The quantitative estimate of drug-likeness (QED) is 0.762. The highest BCUT2D eigenvalue weighted by molar-refractivity contribution is 6.33. The number of nitrogens with zero attached hydrogens (tertiary/aromatic N) is 3. The highest BCUT2D eigenvalue weighted by Gasteiger charge is 2.25. The van der Waals surface area contributed by atoms with Gasteiger partial charge in [0, 0.05) is 19.1 Å². The number of carbonyl (C=O) groups excluding carboxylic acids is 2. The van der Waals surface area contributed by atoms with Crippen molar-refractivity contribution in [1.82, 2.24) is 20.0 Å². The van der Waals surface area contributed by atoms with Crippen molar-refractivity contribution >= 4 is 23.4 Å². The number of nitrogens with two attached hydrogens (primary N) is 1. The smallest absolute Gasteiger partial charge is 0.256 e. The standard InChI is InChI=1S/C19H23ClFN5O2/c1-12-17(18(20)26(24-12)10-13-2-4-14(21)5-3-13)19(28)23-15-6-8-25(9-7-15)11-16(22)27/h2-5,15H,6-11H2,1H3,(H2,22,27)(H,23,28). The highest BCUT2D eigenvalue weighted by Crippen LogP contribution is 2.22. The van der Waals surface area contributed by atoms with Gasteiger partial charge >= 0.3 is 0 Å². The predicted octanol–water partition coefficient (Wildman–Crippen LogP) is 1.71. The van der Waals surface area contributed by atoms with Crippen LogP contribution in [0.1, 0.15) is 34.5 Å². The molecule has 28 heavy (non-hydrogen) atoms. The van der Waals surface area contributed by atoms with Crippen LogP contribution >= 0.6 is 11.6 Å². The zero-order valence-electron chi connectivity index (χ0n) is 15.6. The molecule has 0 spiro atoms. The molecule has 1 aliphatic rings. The third-order valence-electron chi connectivity index (χ3n) is 4.84. The van der Waals surface area contributed by atoms with Crippen LogP contribution in [0.4, 0.5) is 4.39 Å². The lowest BCUT2D eigenvalue weighted by atomic mass is 10.0. The average molecular weight is 408 g/mol. The van der Waals surface area contributed by atoms with Gasteiger partial charge in [0.25, 0.3) is 5.91 Å². The predicted molar refractivity (Wildman–Crippen MR) is 104 cm³/mol. The molecule has 9 heteroatoms. The third kappa shape index (κ3) is 4.88. The van der Waals surface area contributed by atoms with Gasteiger partial charge in [-0.25, -0.2) is 9.07 Å². The van der Waals surface area contributed by atoms with Gasteiger partial charge in [-0.05, 0) is 37.5 Å². The molecule has 3 N–H and O–H groups in total. The van der Waals surface area contributed by atoms with Gasteiger partial charge in [0.2, 0.25) is 5.91 Å². The maximum absolute atomic E-state index is 13.1. The largest absolute Gasteiger partial charge is 0.369 e. The minimum absolute atomic E-state index is 0.00698. The first-order chi connectivity index (χ1) is 13.3. The van der Waals surface area contributed by atoms with Crippen LogP contribution in [0, 0.1) is 12.7 Å². The zero-order valence-corrected chi connectivity index (χ0v) is 16.4. The molecule has 2 amide bonds. The molecule has 2 aromatic rings. The molecule has 7 nitrogen and oxygen atoms in total. The SMILES string of the molecule is Cc1nn(Cc2ccc(F)cc2)c(Cl)c1C(=O)NC1CCN(CC(N)=O)CC1. The van der Waals surface area contributed by atoms with Crippen LogP contribution in [0.25, 0.3) is 0 Å². The number of benzene rings is 1. The highest BCUT2D eigenvalue weighted by atomic mass is 35.5. The van der Waals surface area contributed by atoms with Crippen LogP contribution in [0.5, 0.6) is 0 Å². The Morgan fingerprint density at radius 2 is 1.93 bits per heavy atom. The Kier molecular flexibility index (Phi) is 6.31. The number of piperidine rings is 1. The van der Waals surface area contributed by atoms with E-state index in [1.54, 1.807) is 19.1 Å². The van der Waals surface area contributed by atoms with E-state index in [4.69, 9.17) is 17.3 Å². The number of aromatic nitrogens is 2. The molecule has 1 aliphatic heterocycles. The first-order valence-electron chi connectivity index (χ1n) is 9.12. The number of hydrogen-bond acceptors (Lipinski definition) is 4. The van der Waals surface area contributed by atoms with Gasteiger partial charge in [0.15, 0.2) is 0 Å². The molecule has 3 rings (SSSR count). The zero-order chi connectivity index (χ0) is 20.3. The van der Waals surface area contributed by atoms with Gasteiger partial charge in [-0.3, -0.25) is 14.5 Å². The van der Waals surface area contributed by atoms with Crippen molar-refractivity contribution in [2.75, 3.05) is 19.6 Å². The molecule has 1 saturated heterocycles. The fourth-order valence-electron chi connectivity index (χ4n) is 3.39. The fraction of sp³-hybridized carbons (Fsp3) is 0.421. The molecule has 0 atom stereocenters. The van der Waals surface area contributed by atoms with Crippen LogP contribution in [-0.2, 0) is 11.3 Å². The van der Waals surface area contributed by atoms with E-state index < -0.39 is 0 Å². The summed E-state index contributed by atoms with van der Waals surface area (Å²) in [4.78, 5) is 25.7. The van der Waals surface area contributed by atoms with Gasteiger partial charge in [0.1, 0.15) is 11.0 Å². The van der Waals surface area contributed by atoms with Crippen molar-refractivity contribution in [3.05, 3.63) is 52.1 Å². The van der Waals surface area contributed by atoms with Crippen LogP contribution in [0.15, 0.2) is 24.3 Å². The normalized spacial score (nSPS) is 15.5. The summed E-state index contributed by atoms with van der Waals surface area (Å²) in [5, 5.41) is 7.62. The summed E-state index contributed by atoms with van der Waals surface area (Å²) in [5.41, 5.74) is 6.94. The van der Waals surface area contributed by atoms with Crippen LogP contribution in [-0.4, -0.2) is 52.2 Å². The molecule has 0 radical (unpaired) electrons. The summed E-state index contributed by atoms with van der Waals surface area (Å²) >= 11 is 6.41. The molecule has 1 aromatic heterocycles. The van der Waals surface area contributed by atoms with Gasteiger partial charge in [-0.1, -0.05) is 23.7 Å². The summed E-state index contributed by atoms with van der Waals surface area (Å²) in [6, 6.07) is 6.06. The fourth-order valence-corrected chi connectivity index (χ4v) is 3.71. The summed E-state index contributed by atoms with van der Waals surface area (Å²) in [5.74, 6) is -0.923. The first kappa shape index (κ1) is 20.3. The Bertz CT molecular complexity index is 860. The Morgan fingerprint density at radius 3 is 2.54 bits per heavy atom. The first-order valence-corrected chi connectivity index (χ1v) is 9.50. The topological polar surface area (TPSA) is 93.2 Å². The Morgan fingerprint density at radius 1 is 1.29 bits per heavy atom. The number of halogens is 2. The van der Waals surface area contributed by atoms with E-state index in [1.165, 1.54) is 16.8 Å². The second-order valence-corrected chi connectivity index (χ2v) is 7.38. The molecular weight excluding hydrogens is 385 g/mol. The molecule has 1 fully saturated rings. The minimum Gasteiger partial charge on any atom is -0.369 e. The van der Waals surface area contributed by atoms with Crippen LogP contribution < -0.4 is 11.1 Å². The molecule has 0 saturated carbocycles. The van der Waals surface area contributed by atoms with Gasteiger partial charge < -0.3 is 11.1 Å². The third-order valence-corrected chi connectivity index (χ3v) is 5.22.